The highest BCUT2D eigenvalue weighted by Gasteiger charge is 2.35. The van der Waals surface area contributed by atoms with E-state index in [1.807, 2.05) is 0 Å². The van der Waals surface area contributed by atoms with Crippen molar-refractivity contribution in [2.45, 2.75) is 18.9 Å². The molecule has 0 radical (unpaired) electrons. The van der Waals surface area contributed by atoms with Crippen LogP contribution in [0.1, 0.15) is 33.6 Å². The number of carbonyl (C=O) groups is 3. The molecule has 2 rings (SSSR count). The number of imide groups is 1. The predicted molar refractivity (Wildman–Crippen MR) is 104 cm³/mol. The Morgan fingerprint density at radius 2 is 1.43 bits per heavy atom. The minimum atomic E-state index is -1.35. The van der Waals surface area contributed by atoms with Crippen LogP contribution in [0.4, 0.5) is 0 Å². The van der Waals surface area contributed by atoms with Crippen LogP contribution in [0.15, 0.2) is 60.7 Å². The summed E-state index contributed by atoms with van der Waals surface area (Å²) in [6.07, 6.45) is 0.323. The van der Waals surface area contributed by atoms with Gasteiger partial charge in [0.1, 0.15) is 6.04 Å². The van der Waals surface area contributed by atoms with Crippen LogP contribution in [0.2, 0.25) is 0 Å². The summed E-state index contributed by atoms with van der Waals surface area (Å²) in [4.78, 5) is 38.7. The Labute approximate surface area is 162 Å². The maximum Gasteiger partial charge on any atom is 0.326 e. The van der Waals surface area contributed by atoms with Crippen LogP contribution >= 0.6 is 0 Å². The number of aliphatic carboxylic acids is 1. The van der Waals surface area contributed by atoms with Crippen molar-refractivity contribution in [3.05, 3.63) is 71.8 Å². The van der Waals surface area contributed by atoms with E-state index in [2.05, 4.69) is 5.32 Å². The number of benzene rings is 2. The number of carbonyl (C=O) groups excluding carboxylic acids is 2. The smallest absolute Gasteiger partial charge is 0.326 e. The Hall–Kier alpha value is -3.68. The van der Waals surface area contributed by atoms with Crippen LogP contribution in [0.3, 0.4) is 0 Å². The highest BCUT2D eigenvalue weighted by Crippen LogP contribution is 2.17. The van der Waals surface area contributed by atoms with Crippen molar-refractivity contribution in [2.75, 3.05) is 6.54 Å². The monoisotopic (exact) mass is 382 g/mol. The van der Waals surface area contributed by atoms with Gasteiger partial charge in [0.2, 0.25) is 0 Å². The van der Waals surface area contributed by atoms with E-state index < -0.39 is 23.8 Å². The van der Waals surface area contributed by atoms with Crippen molar-refractivity contribution < 1.29 is 19.5 Å². The molecule has 2 aromatic carbocycles. The van der Waals surface area contributed by atoms with Gasteiger partial charge in [-0.2, -0.15) is 0 Å². The molecule has 0 heterocycles. The molecular formula is C20H22N4O4. The van der Waals surface area contributed by atoms with Gasteiger partial charge in [0.25, 0.3) is 11.8 Å². The first-order chi connectivity index (χ1) is 13.4. The van der Waals surface area contributed by atoms with Crippen molar-refractivity contribution in [1.82, 2.24) is 10.2 Å². The third-order valence-electron chi connectivity index (χ3n) is 4.05. The predicted octanol–water partition coefficient (Wildman–Crippen LogP) is 1.69. The molecule has 0 bridgehead atoms. The third kappa shape index (κ3) is 5.41. The summed E-state index contributed by atoms with van der Waals surface area (Å²) in [5.41, 5.74) is 5.66. The first kappa shape index (κ1) is 20.6. The zero-order valence-electron chi connectivity index (χ0n) is 15.2. The largest absolute Gasteiger partial charge is 0.480 e. The number of rotatable bonds is 8. The van der Waals surface area contributed by atoms with Crippen LogP contribution in [-0.4, -0.2) is 46.3 Å². The van der Waals surface area contributed by atoms with Crippen molar-refractivity contribution in [1.29, 1.82) is 5.41 Å². The normalized spacial score (nSPS) is 11.3. The van der Waals surface area contributed by atoms with E-state index in [1.54, 1.807) is 36.4 Å². The third-order valence-corrected chi connectivity index (χ3v) is 4.05. The molecule has 28 heavy (non-hydrogen) atoms. The van der Waals surface area contributed by atoms with Gasteiger partial charge in [-0.05, 0) is 37.1 Å². The molecular weight excluding hydrogens is 360 g/mol. The molecule has 8 heteroatoms. The quantitative estimate of drug-likeness (QED) is 0.237. The van der Waals surface area contributed by atoms with E-state index in [1.165, 1.54) is 24.3 Å². The second-order valence-electron chi connectivity index (χ2n) is 6.05. The van der Waals surface area contributed by atoms with Crippen LogP contribution in [-0.2, 0) is 4.79 Å². The summed E-state index contributed by atoms with van der Waals surface area (Å²) in [6, 6.07) is 14.8. The summed E-state index contributed by atoms with van der Waals surface area (Å²) >= 11 is 0. The van der Waals surface area contributed by atoms with Gasteiger partial charge >= 0.3 is 5.97 Å². The SMILES string of the molecule is N=C(N)NCCCC(C(=O)O)N(C(=O)c1ccccc1)C(=O)c1ccccc1. The first-order valence-corrected chi connectivity index (χ1v) is 8.70. The Balaban J connectivity index is 2.34. The number of nitrogens with one attached hydrogen (secondary N) is 2. The van der Waals surface area contributed by atoms with Gasteiger partial charge in [0.15, 0.2) is 5.96 Å². The topological polar surface area (TPSA) is 137 Å². The van der Waals surface area contributed by atoms with Crippen LogP contribution in [0.5, 0.6) is 0 Å². The van der Waals surface area contributed by atoms with Gasteiger partial charge < -0.3 is 16.2 Å². The minimum absolute atomic E-state index is 0.0206. The molecule has 0 spiro atoms. The Kier molecular flexibility index (Phi) is 7.27. The van der Waals surface area contributed by atoms with Crippen molar-refractivity contribution in [2.24, 2.45) is 5.73 Å². The molecule has 0 aliphatic heterocycles. The maximum atomic E-state index is 13.0. The molecule has 0 saturated heterocycles. The van der Waals surface area contributed by atoms with Crippen LogP contribution in [0, 0.1) is 5.41 Å². The Morgan fingerprint density at radius 1 is 0.964 bits per heavy atom. The summed E-state index contributed by atoms with van der Waals surface area (Å²) < 4.78 is 0. The molecule has 146 valence electrons. The summed E-state index contributed by atoms with van der Waals surface area (Å²) in [5, 5.41) is 19.4. The van der Waals surface area contributed by atoms with Gasteiger partial charge in [-0.15, -0.1) is 0 Å². The van der Waals surface area contributed by atoms with E-state index in [-0.39, 0.29) is 30.1 Å². The van der Waals surface area contributed by atoms with Gasteiger partial charge in [-0.1, -0.05) is 36.4 Å². The summed E-state index contributed by atoms with van der Waals surface area (Å²) in [6.45, 7) is 0.256. The number of carboxylic acids is 1. The zero-order chi connectivity index (χ0) is 20.5. The molecule has 2 amide bonds. The fourth-order valence-electron chi connectivity index (χ4n) is 2.70. The van der Waals surface area contributed by atoms with Crippen LogP contribution in [0.25, 0.3) is 0 Å². The van der Waals surface area contributed by atoms with Gasteiger partial charge in [0, 0.05) is 17.7 Å². The van der Waals surface area contributed by atoms with E-state index >= 15 is 0 Å². The molecule has 8 nitrogen and oxygen atoms in total. The van der Waals surface area contributed by atoms with Gasteiger partial charge in [-0.25, -0.2) is 4.79 Å². The average molecular weight is 382 g/mol. The number of nitrogens with zero attached hydrogens (tertiary/aromatic N) is 1. The van der Waals surface area contributed by atoms with Gasteiger partial charge in [0.05, 0.1) is 0 Å². The highest BCUT2D eigenvalue weighted by atomic mass is 16.4. The second kappa shape index (κ2) is 9.86. The van der Waals surface area contributed by atoms with Crippen molar-refractivity contribution >= 4 is 23.7 Å². The fraction of sp³-hybridized carbons (Fsp3) is 0.200. The fourth-order valence-corrected chi connectivity index (χ4v) is 2.70. The van der Waals surface area contributed by atoms with E-state index in [4.69, 9.17) is 11.1 Å². The lowest BCUT2D eigenvalue weighted by Crippen LogP contribution is -2.49. The Morgan fingerprint density at radius 3 is 1.82 bits per heavy atom. The van der Waals surface area contributed by atoms with E-state index in [9.17, 15) is 19.5 Å². The number of guanidine groups is 1. The van der Waals surface area contributed by atoms with Crippen LogP contribution < -0.4 is 11.1 Å². The molecule has 2 aromatic rings. The lowest BCUT2D eigenvalue weighted by atomic mass is 10.0. The number of amides is 2. The molecule has 0 fully saturated rings. The molecule has 1 unspecified atom stereocenters. The molecule has 0 saturated carbocycles. The maximum absolute atomic E-state index is 13.0. The lowest BCUT2D eigenvalue weighted by Gasteiger charge is -2.27. The number of nitrogens with two attached hydrogens (primary N) is 1. The molecule has 0 aliphatic carbocycles. The van der Waals surface area contributed by atoms with Gasteiger partial charge in [-0.3, -0.25) is 19.9 Å². The van der Waals surface area contributed by atoms with E-state index in [0.717, 1.165) is 4.90 Å². The molecule has 0 aromatic heterocycles. The lowest BCUT2D eigenvalue weighted by molar-refractivity contribution is -0.141. The standard InChI is InChI=1S/C20H22N4O4/c21-20(22)23-13-7-12-16(19(27)28)24(17(25)14-8-3-1-4-9-14)18(26)15-10-5-2-6-11-15/h1-6,8-11,16H,7,12-13H2,(H,27,28)(H4,21,22,23). The molecule has 1 atom stereocenters. The number of hydrogen-bond acceptors (Lipinski definition) is 4. The molecule has 0 aliphatic rings. The second-order valence-corrected chi connectivity index (χ2v) is 6.05. The van der Waals surface area contributed by atoms with Crippen molar-refractivity contribution in [3.63, 3.8) is 0 Å². The number of hydrogen-bond donors (Lipinski definition) is 4. The average Bonchev–Trinajstić information content (AvgIpc) is 2.70. The Bertz CT molecular complexity index is 788. The number of carboxylic acid groups (broad SMARTS) is 1. The van der Waals surface area contributed by atoms with Crippen molar-refractivity contribution in [3.8, 4) is 0 Å². The summed E-state index contributed by atoms with van der Waals surface area (Å²) in [7, 11) is 0. The van der Waals surface area contributed by atoms with E-state index in [0.29, 0.717) is 6.42 Å². The summed E-state index contributed by atoms with van der Waals surface area (Å²) in [5.74, 6) is -2.87. The first-order valence-electron chi connectivity index (χ1n) is 8.70. The zero-order valence-corrected chi connectivity index (χ0v) is 15.2. The minimum Gasteiger partial charge on any atom is -0.480 e. The highest BCUT2D eigenvalue weighted by molar-refractivity contribution is 6.12. The molecule has 5 N–H and O–H groups in total.